The molecule has 0 fully saturated rings. The quantitative estimate of drug-likeness (QED) is 0.906. The Hall–Kier alpha value is -1.61. The third-order valence-electron chi connectivity index (χ3n) is 4.37. The molecule has 0 amide bonds. The van der Waals surface area contributed by atoms with E-state index in [4.69, 9.17) is 5.73 Å². The minimum atomic E-state index is 0.195. The molecular weight excluding hydrogens is 246 g/mol. The van der Waals surface area contributed by atoms with Crippen LogP contribution in [0.2, 0.25) is 0 Å². The monoisotopic (exact) mass is 269 g/mol. The van der Waals surface area contributed by atoms with Crippen LogP contribution in [0.5, 0.6) is 0 Å². The first kappa shape index (κ1) is 13.4. The van der Waals surface area contributed by atoms with Crippen LogP contribution in [-0.4, -0.2) is 15.6 Å². The fourth-order valence-corrected chi connectivity index (χ4v) is 3.25. The van der Waals surface area contributed by atoms with Gasteiger partial charge in [0.1, 0.15) is 5.82 Å². The minimum absolute atomic E-state index is 0.195. The fourth-order valence-electron chi connectivity index (χ4n) is 3.25. The first-order valence-electron chi connectivity index (χ1n) is 7.60. The van der Waals surface area contributed by atoms with Gasteiger partial charge in [-0.3, -0.25) is 0 Å². The van der Waals surface area contributed by atoms with E-state index in [-0.39, 0.29) is 6.04 Å². The molecule has 1 aromatic heterocycles. The van der Waals surface area contributed by atoms with Gasteiger partial charge in [0.25, 0.3) is 0 Å². The van der Waals surface area contributed by atoms with Gasteiger partial charge >= 0.3 is 0 Å². The van der Waals surface area contributed by atoms with Crippen molar-refractivity contribution in [1.82, 2.24) is 9.55 Å². The van der Waals surface area contributed by atoms with Crippen molar-refractivity contribution >= 4 is 0 Å². The number of hydrogen-bond donors (Lipinski definition) is 1. The van der Waals surface area contributed by atoms with E-state index >= 15 is 0 Å². The lowest BCUT2D eigenvalue weighted by molar-refractivity contribution is 0.424. The molecule has 0 aliphatic heterocycles. The van der Waals surface area contributed by atoms with Crippen LogP contribution in [-0.2, 0) is 25.8 Å². The molecule has 0 saturated heterocycles. The summed E-state index contributed by atoms with van der Waals surface area (Å²) in [6.07, 6.45) is 8.20. The van der Waals surface area contributed by atoms with Crippen molar-refractivity contribution in [2.75, 3.05) is 0 Å². The molecule has 20 heavy (non-hydrogen) atoms. The van der Waals surface area contributed by atoms with E-state index < -0.39 is 0 Å². The summed E-state index contributed by atoms with van der Waals surface area (Å²) < 4.78 is 2.24. The number of aromatic nitrogens is 2. The fraction of sp³-hybridized carbons (Fsp3) is 0.471. The normalized spacial score (nSPS) is 16.3. The molecule has 106 valence electrons. The van der Waals surface area contributed by atoms with Crippen molar-refractivity contribution < 1.29 is 0 Å². The maximum absolute atomic E-state index is 6.46. The summed E-state index contributed by atoms with van der Waals surface area (Å²) in [7, 11) is 0. The largest absolute Gasteiger partial charge is 0.335 e. The van der Waals surface area contributed by atoms with E-state index in [1.54, 1.807) is 0 Å². The SMILES string of the molecule is CCCn1ccnc1CC(N)C1Cc2ccccc2C1. The third-order valence-corrected chi connectivity index (χ3v) is 4.37. The van der Waals surface area contributed by atoms with E-state index in [1.165, 1.54) is 11.1 Å². The second-order valence-corrected chi connectivity index (χ2v) is 5.84. The Bertz CT molecular complexity index is 548. The number of aryl methyl sites for hydroxylation is 1. The number of fused-ring (bicyclic) bond motifs is 1. The molecule has 2 N–H and O–H groups in total. The average Bonchev–Trinajstić information content (AvgIpc) is 3.06. The van der Waals surface area contributed by atoms with Gasteiger partial charge in [0.15, 0.2) is 0 Å². The molecule has 1 atom stereocenters. The van der Waals surface area contributed by atoms with Crippen molar-refractivity contribution in [2.45, 2.75) is 45.2 Å². The lowest BCUT2D eigenvalue weighted by Gasteiger charge is -2.19. The summed E-state index contributed by atoms with van der Waals surface area (Å²) in [4.78, 5) is 4.48. The van der Waals surface area contributed by atoms with Crippen molar-refractivity contribution in [2.24, 2.45) is 11.7 Å². The molecule has 3 nitrogen and oxygen atoms in total. The lowest BCUT2D eigenvalue weighted by Crippen LogP contribution is -2.33. The summed E-state index contributed by atoms with van der Waals surface area (Å²) in [6, 6.07) is 8.92. The molecule has 3 heteroatoms. The molecular formula is C17H23N3. The van der Waals surface area contributed by atoms with Gasteiger partial charge in [0, 0.05) is 31.4 Å². The standard InChI is InChI=1S/C17H23N3/c1-2-8-20-9-7-19-17(20)12-16(18)15-10-13-5-3-4-6-14(13)11-15/h3-7,9,15-16H,2,8,10-12,18H2,1H3. The van der Waals surface area contributed by atoms with Gasteiger partial charge in [-0.15, -0.1) is 0 Å². The number of benzene rings is 1. The predicted octanol–water partition coefficient (Wildman–Crippen LogP) is 2.58. The maximum atomic E-state index is 6.46. The van der Waals surface area contributed by atoms with Gasteiger partial charge in [0.05, 0.1) is 0 Å². The van der Waals surface area contributed by atoms with Crippen LogP contribution in [0.4, 0.5) is 0 Å². The van der Waals surface area contributed by atoms with E-state index in [9.17, 15) is 0 Å². The molecule has 1 aliphatic rings. The van der Waals surface area contributed by atoms with Crippen LogP contribution in [0, 0.1) is 5.92 Å². The second kappa shape index (κ2) is 5.80. The number of nitrogens with zero attached hydrogens (tertiary/aromatic N) is 2. The van der Waals surface area contributed by atoms with Gasteiger partial charge in [-0.05, 0) is 36.3 Å². The van der Waals surface area contributed by atoms with Crippen LogP contribution < -0.4 is 5.73 Å². The van der Waals surface area contributed by atoms with Crippen LogP contribution in [0.25, 0.3) is 0 Å². The highest BCUT2D eigenvalue weighted by molar-refractivity contribution is 5.32. The summed E-state index contributed by atoms with van der Waals surface area (Å²) in [6.45, 7) is 3.23. The Balaban J connectivity index is 1.66. The lowest BCUT2D eigenvalue weighted by atomic mass is 9.94. The number of hydrogen-bond acceptors (Lipinski definition) is 2. The zero-order valence-electron chi connectivity index (χ0n) is 12.1. The minimum Gasteiger partial charge on any atom is -0.335 e. The zero-order valence-corrected chi connectivity index (χ0v) is 12.1. The van der Waals surface area contributed by atoms with Crippen LogP contribution in [0.3, 0.4) is 0 Å². The summed E-state index contributed by atoms with van der Waals surface area (Å²) in [5.74, 6) is 1.69. The Kier molecular flexibility index (Phi) is 3.88. The van der Waals surface area contributed by atoms with Gasteiger partial charge < -0.3 is 10.3 Å². The Morgan fingerprint density at radius 2 is 2.00 bits per heavy atom. The molecule has 3 rings (SSSR count). The molecule has 1 aliphatic carbocycles. The predicted molar refractivity (Wildman–Crippen MR) is 81.5 cm³/mol. The second-order valence-electron chi connectivity index (χ2n) is 5.84. The van der Waals surface area contributed by atoms with Gasteiger partial charge in [-0.25, -0.2) is 4.98 Å². The highest BCUT2D eigenvalue weighted by atomic mass is 15.1. The third kappa shape index (κ3) is 2.63. The van der Waals surface area contributed by atoms with Crippen molar-refractivity contribution in [3.05, 3.63) is 53.6 Å². The van der Waals surface area contributed by atoms with E-state index in [0.717, 1.165) is 38.1 Å². The first-order valence-corrected chi connectivity index (χ1v) is 7.60. The molecule has 1 aromatic carbocycles. The van der Waals surface area contributed by atoms with Gasteiger partial charge in [-0.2, -0.15) is 0 Å². The van der Waals surface area contributed by atoms with Crippen LogP contribution in [0.1, 0.15) is 30.3 Å². The van der Waals surface area contributed by atoms with Gasteiger partial charge in [0.2, 0.25) is 0 Å². The molecule has 0 spiro atoms. The van der Waals surface area contributed by atoms with Crippen LogP contribution in [0.15, 0.2) is 36.7 Å². The Morgan fingerprint density at radius 3 is 2.65 bits per heavy atom. The maximum Gasteiger partial charge on any atom is 0.110 e. The highest BCUT2D eigenvalue weighted by Gasteiger charge is 2.27. The summed E-state index contributed by atoms with van der Waals surface area (Å²) in [5, 5.41) is 0. The van der Waals surface area contributed by atoms with Crippen molar-refractivity contribution in [3.63, 3.8) is 0 Å². The van der Waals surface area contributed by atoms with E-state index in [1.807, 2.05) is 6.20 Å². The van der Waals surface area contributed by atoms with Crippen LogP contribution >= 0.6 is 0 Å². The zero-order chi connectivity index (χ0) is 13.9. The van der Waals surface area contributed by atoms with Crippen molar-refractivity contribution in [3.8, 4) is 0 Å². The highest BCUT2D eigenvalue weighted by Crippen LogP contribution is 2.28. The smallest absolute Gasteiger partial charge is 0.110 e. The molecule has 1 unspecified atom stereocenters. The average molecular weight is 269 g/mol. The van der Waals surface area contributed by atoms with E-state index in [2.05, 4.69) is 46.9 Å². The van der Waals surface area contributed by atoms with E-state index in [0.29, 0.717) is 5.92 Å². The summed E-state index contributed by atoms with van der Waals surface area (Å²) in [5.41, 5.74) is 9.41. The van der Waals surface area contributed by atoms with Crippen molar-refractivity contribution in [1.29, 1.82) is 0 Å². The molecule has 0 radical (unpaired) electrons. The molecule has 1 heterocycles. The number of rotatable bonds is 5. The number of imidazole rings is 1. The Morgan fingerprint density at radius 1 is 1.30 bits per heavy atom. The summed E-state index contributed by atoms with van der Waals surface area (Å²) >= 11 is 0. The number of nitrogens with two attached hydrogens (primary N) is 1. The molecule has 2 aromatic rings. The first-order chi connectivity index (χ1) is 9.78. The molecule has 0 saturated carbocycles. The topological polar surface area (TPSA) is 43.8 Å². The molecule has 0 bridgehead atoms. The van der Waals surface area contributed by atoms with Gasteiger partial charge in [-0.1, -0.05) is 31.2 Å². The Labute approximate surface area is 120 Å².